The summed E-state index contributed by atoms with van der Waals surface area (Å²) in [6.45, 7) is 0. The minimum Gasteiger partial charge on any atom is -0.321 e. The molecule has 0 saturated heterocycles. The number of nitrogens with one attached hydrogen (secondary N) is 1. The molecule has 2 amide bonds. The summed E-state index contributed by atoms with van der Waals surface area (Å²) in [6, 6.07) is 17.4. The molecule has 1 heterocycles. The van der Waals surface area contributed by atoms with Crippen LogP contribution in [-0.4, -0.2) is 23.8 Å². The second-order valence-corrected chi connectivity index (χ2v) is 6.14. The summed E-state index contributed by atoms with van der Waals surface area (Å²) < 4.78 is 37.9. The number of alkyl halides is 3. The van der Waals surface area contributed by atoms with Crippen LogP contribution in [-0.2, 0) is 6.18 Å². The van der Waals surface area contributed by atoms with Gasteiger partial charge in [0.2, 0.25) is 0 Å². The minimum atomic E-state index is -4.45. The quantitative estimate of drug-likeness (QED) is 0.696. The van der Waals surface area contributed by atoms with Gasteiger partial charge in [0.05, 0.1) is 5.56 Å². The van der Waals surface area contributed by atoms with Crippen LogP contribution in [0, 0.1) is 0 Å². The van der Waals surface area contributed by atoms with Crippen LogP contribution in [0.3, 0.4) is 0 Å². The van der Waals surface area contributed by atoms with Gasteiger partial charge in [0.25, 0.3) is 11.8 Å². The number of anilines is 2. The first kappa shape index (κ1) is 20.1. The van der Waals surface area contributed by atoms with Gasteiger partial charge in [-0.2, -0.15) is 13.2 Å². The van der Waals surface area contributed by atoms with E-state index in [-0.39, 0.29) is 17.1 Å². The third-order valence-electron chi connectivity index (χ3n) is 4.12. The second kappa shape index (κ2) is 8.14. The van der Waals surface area contributed by atoms with Crippen LogP contribution in [0.25, 0.3) is 0 Å². The van der Waals surface area contributed by atoms with E-state index in [1.165, 1.54) is 23.1 Å². The highest BCUT2D eigenvalue weighted by Gasteiger charge is 2.30. The van der Waals surface area contributed by atoms with Gasteiger partial charge in [0, 0.05) is 18.4 Å². The average Bonchev–Trinajstić information content (AvgIpc) is 2.73. The van der Waals surface area contributed by atoms with Crippen molar-refractivity contribution in [2.75, 3.05) is 17.3 Å². The Morgan fingerprint density at radius 1 is 0.862 bits per heavy atom. The maximum Gasteiger partial charge on any atom is 0.416 e. The van der Waals surface area contributed by atoms with Crippen molar-refractivity contribution < 1.29 is 22.8 Å². The molecule has 0 bridgehead atoms. The lowest BCUT2D eigenvalue weighted by atomic mass is 10.2. The Morgan fingerprint density at radius 3 is 2.10 bits per heavy atom. The highest BCUT2D eigenvalue weighted by atomic mass is 19.4. The zero-order valence-corrected chi connectivity index (χ0v) is 15.3. The first-order valence-electron chi connectivity index (χ1n) is 8.54. The summed E-state index contributed by atoms with van der Waals surface area (Å²) in [7, 11) is 1.59. The molecule has 0 saturated carbocycles. The Balaban J connectivity index is 1.75. The summed E-state index contributed by atoms with van der Waals surface area (Å²) in [5.41, 5.74) is 0.0700. The van der Waals surface area contributed by atoms with Crippen molar-refractivity contribution in [3.63, 3.8) is 0 Å². The van der Waals surface area contributed by atoms with Crippen molar-refractivity contribution >= 4 is 23.2 Å². The minimum absolute atomic E-state index is 0.0304. The molecule has 3 aromatic rings. The van der Waals surface area contributed by atoms with Crippen molar-refractivity contribution in [1.29, 1.82) is 0 Å². The summed E-state index contributed by atoms with van der Waals surface area (Å²) in [4.78, 5) is 30.5. The maximum absolute atomic E-state index is 12.6. The molecule has 8 heteroatoms. The lowest BCUT2D eigenvalue weighted by Crippen LogP contribution is -2.27. The lowest BCUT2D eigenvalue weighted by Gasteiger charge is -2.17. The molecule has 0 fully saturated rings. The van der Waals surface area contributed by atoms with Crippen LogP contribution >= 0.6 is 0 Å². The summed E-state index contributed by atoms with van der Waals surface area (Å²) in [5, 5.41) is 2.47. The van der Waals surface area contributed by atoms with Gasteiger partial charge in [-0.15, -0.1) is 0 Å². The molecule has 0 radical (unpaired) electrons. The predicted octanol–water partition coefficient (Wildman–Crippen LogP) is 4.63. The van der Waals surface area contributed by atoms with Crippen LogP contribution in [0.1, 0.15) is 26.5 Å². The molecule has 0 aliphatic carbocycles. The van der Waals surface area contributed by atoms with Crippen molar-refractivity contribution in [3.05, 3.63) is 89.7 Å². The van der Waals surface area contributed by atoms with Gasteiger partial charge < -0.3 is 10.2 Å². The first-order chi connectivity index (χ1) is 13.8. The van der Waals surface area contributed by atoms with Crippen LogP contribution < -0.4 is 10.2 Å². The number of hydrogen-bond donors (Lipinski definition) is 1. The monoisotopic (exact) mass is 399 g/mol. The summed E-state index contributed by atoms with van der Waals surface area (Å²) >= 11 is 0. The number of halogens is 3. The number of para-hydroxylation sites is 1. The van der Waals surface area contributed by atoms with Crippen LogP contribution in [0.4, 0.5) is 24.5 Å². The average molecular weight is 399 g/mol. The topological polar surface area (TPSA) is 62.3 Å². The van der Waals surface area contributed by atoms with E-state index in [0.29, 0.717) is 5.69 Å². The molecule has 0 aliphatic heterocycles. The Bertz CT molecular complexity index is 1020. The Morgan fingerprint density at radius 2 is 1.48 bits per heavy atom. The maximum atomic E-state index is 12.6. The fraction of sp³-hybridized carbons (Fsp3) is 0.0952. The second-order valence-electron chi connectivity index (χ2n) is 6.14. The first-order valence-corrected chi connectivity index (χ1v) is 8.54. The largest absolute Gasteiger partial charge is 0.416 e. The molecule has 3 rings (SSSR count). The third kappa shape index (κ3) is 4.78. The van der Waals surface area contributed by atoms with E-state index >= 15 is 0 Å². The van der Waals surface area contributed by atoms with Gasteiger partial charge in [-0.3, -0.25) is 9.59 Å². The number of nitrogens with zero attached hydrogens (tertiary/aromatic N) is 2. The standard InChI is InChI=1S/C21H16F3N3O2/c1-27(16-6-3-2-4-7-16)20(29)18-9-5-8-17(26-18)19(28)25-15-12-10-14(11-13-15)21(22,23)24/h2-13H,1H3,(H,25,28). The molecule has 2 aromatic carbocycles. The number of carbonyl (C=O) groups is 2. The van der Waals surface area contributed by atoms with Crippen molar-refractivity contribution in [3.8, 4) is 0 Å². The molecule has 5 nitrogen and oxygen atoms in total. The smallest absolute Gasteiger partial charge is 0.321 e. The Kier molecular flexibility index (Phi) is 5.63. The van der Waals surface area contributed by atoms with Crippen molar-refractivity contribution in [2.24, 2.45) is 0 Å². The Labute approximate surface area is 164 Å². The Hall–Kier alpha value is -3.68. The molecular weight excluding hydrogens is 383 g/mol. The van der Waals surface area contributed by atoms with E-state index in [4.69, 9.17) is 0 Å². The molecule has 0 spiro atoms. The van der Waals surface area contributed by atoms with Gasteiger partial charge in [0.15, 0.2) is 0 Å². The molecule has 1 N–H and O–H groups in total. The van der Waals surface area contributed by atoms with Gasteiger partial charge >= 0.3 is 6.18 Å². The van der Waals surface area contributed by atoms with Gasteiger partial charge in [-0.1, -0.05) is 24.3 Å². The zero-order chi connectivity index (χ0) is 21.0. The number of pyridine rings is 1. The predicted molar refractivity (Wildman–Crippen MR) is 103 cm³/mol. The highest BCUT2D eigenvalue weighted by Crippen LogP contribution is 2.29. The lowest BCUT2D eigenvalue weighted by molar-refractivity contribution is -0.137. The van der Waals surface area contributed by atoms with E-state index < -0.39 is 23.6 Å². The number of aromatic nitrogens is 1. The van der Waals surface area contributed by atoms with Crippen molar-refractivity contribution in [2.45, 2.75) is 6.18 Å². The molecule has 148 valence electrons. The highest BCUT2D eigenvalue weighted by molar-refractivity contribution is 6.06. The summed E-state index contributed by atoms with van der Waals surface area (Å²) in [5.74, 6) is -1.04. The fourth-order valence-electron chi connectivity index (χ4n) is 2.56. The SMILES string of the molecule is CN(C(=O)c1cccc(C(=O)Nc2ccc(C(F)(F)F)cc2)n1)c1ccccc1. The number of carbonyl (C=O) groups excluding carboxylic acids is 2. The number of hydrogen-bond acceptors (Lipinski definition) is 3. The van der Waals surface area contributed by atoms with Crippen molar-refractivity contribution in [1.82, 2.24) is 4.98 Å². The molecule has 0 aliphatic rings. The molecule has 0 atom stereocenters. The molecule has 0 unspecified atom stereocenters. The van der Waals surface area contributed by atoms with Gasteiger partial charge in [-0.25, -0.2) is 4.98 Å². The van der Waals surface area contributed by atoms with E-state index in [0.717, 1.165) is 24.3 Å². The van der Waals surface area contributed by atoms with Crippen LogP contribution in [0.5, 0.6) is 0 Å². The van der Waals surface area contributed by atoms with E-state index in [9.17, 15) is 22.8 Å². The number of rotatable bonds is 4. The van der Waals surface area contributed by atoms with Crippen LogP contribution in [0.15, 0.2) is 72.8 Å². The zero-order valence-electron chi connectivity index (χ0n) is 15.3. The van der Waals surface area contributed by atoms with E-state index in [2.05, 4.69) is 10.3 Å². The van der Waals surface area contributed by atoms with E-state index in [1.54, 1.807) is 31.3 Å². The number of benzene rings is 2. The molecule has 29 heavy (non-hydrogen) atoms. The normalized spacial score (nSPS) is 11.0. The number of amides is 2. The van der Waals surface area contributed by atoms with Gasteiger partial charge in [0.1, 0.15) is 11.4 Å². The summed E-state index contributed by atoms with van der Waals surface area (Å²) in [6.07, 6.45) is -4.45. The van der Waals surface area contributed by atoms with E-state index in [1.807, 2.05) is 6.07 Å². The fourth-order valence-corrected chi connectivity index (χ4v) is 2.56. The molecular formula is C21H16F3N3O2. The molecule has 1 aromatic heterocycles. The third-order valence-corrected chi connectivity index (χ3v) is 4.12. The van der Waals surface area contributed by atoms with Crippen LogP contribution in [0.2, 0.25) is 0 Å². The van der Waals surface area contributed by atoms with Gasteiger partial charge in [-0.05, 0) is 48.5 Å².